The molecule has 11 heteroatoms. The Labute approximate surface area is 218 Å². The van der Waals surface area contributed by atoms with Crippen LogP contribution in [0.1, 0.15) is 66.9 Å². The fourth-order valence-electron chi connectivity index (χ4n) is 3.96. The number of nitrogens with one attached hydrogen (secondary N) is 1. The van der Waals surface area contributed by atoms with E-state index in [9.17, 15) is 9.59 Å². The summed E-state index contributed by atoms with van der Waals surface area (Å²) >= 11 is 0.935. The number of thioether (sulfide) groups is 1. The molecule has 1 amide bonds. The van der Waals surface area contributed by atoms with Crippen molar-refractivity contribution in [2.45, 2.75) is 72.3 Å². The predicted octanol–water partition coefficient (Wildman–Crippen LogP) is 4.98. The molecule has 0 unspecified atom stereocenters. The highest BCUT2D eigenvalue weighted by Gasteiger charge is 2.45. The number of hydrogen-bond donors (Lipinski definition) is 1. The number of amides is 1. The molecule has 1 aromatic heterocycles. The number of fused-ring (bicyclic) bond motifs is 1. The van der Waals surface area contributed by atoms with Crippen molar-refractivity contribution in [3.8, 4) is 11.5 Å². The van der Waals surface area contributed by atoms with Crippen molar-refractivity contribution in [2.24, 2.45) is 5.92 Å². The van der Waals surface area contributed by atoms with Crippen molar-refractivity contribution in [3.05, 3.63) is 34.5 Å². The first-order valence-electron chi connectivity index (χ1n) is 12.0. The molecule has 1 atom stereocenters. The summed E-state index contributed by atoms with van der Waals surface area (Å²) < 4.78 is 23.8. The fraction of sp³-hybridized carbons (Fsp3) is 0.600. The van der Waals surface area contributed by atoms with Crippen LogP contribution in [-0.4, -0.2) is 49.0 Å². The average Bonchev–Trinajstić information content (AvgIpc) is 3.22. The maximum Gasteiger partial charge on any atom is 0.251 e. The summed E-state index contributed by atoms with van der Waals surface area (Å²) in [6, 6.07) is 1.22. The van der Waals surface area contributed by atoms with E-state index in [-0.39, 0.29) is 40.9 Å². The van der Waals surface area contributed by atoms with Gasteiger partial charge < -0.3 is 23.7 Å². The lowest BCUT2D eigenvalue weighted by Gasteiger charge is -2.43. The van der Waals surface area contributed by atoms with Gasteiger partial charge in [-0.15, -0.1) is 0 Å². The van der Waals surface area contributed by atoms with Gasteiger partial charge in [0.25, 0.3) is 14.2 Å². The first-order valence-corrected chi connectivity index (χ1v) is 15.9. The van der Waals surface area contributed by atoms with E-state index in [0.717, 1.165) is 11.8 Å². The zero-order valence-corrected chi connectivity index (χ0v) is 24.4. The molecular formula is C25H37N3O6SSi. The number of rotatable bonds is 6. The Kier molecular flexibility index (Phi) is 8.57. The molecule has 198 valence electrons. The summed E-state index contributed by atoms with van der Waals surface area (Å²) in [5.41, 5.74) is 1.80. The highest BCUT2D eigenvalue weighted by Crippen LogP contribution is 2.46. The first kappa shape index (κ1) is 28.2. The van der Waals surface area contributed by atoms with Crippen molar-refractivity contribution in [1.29, 1.82) is 0 Å². The molecule has 0 radical (unpaired) electrons. The van der Waals surface area contributed by atoms with Gasteiger partial charge in [0, 0.05) is 22.8 Å². The zero-order valence-electron chi connectivity index (χ0n) is 22.6. The van der Waals surface area contributed by atoms with Gasteiger partial charge in [-0.1, -0.05) is 44.6 Å². The van der Waals surface area contributed by atoms with Crippen LogP contribution in [0, 0.1) is 19.8 Å². The molecule has 0 saturated carbocycles. The van der Waals surface area contributed by atoms with E-state index in [2.05, 4.69) is 56.2 Å². The number of carbonyl (C=O) groups excluding carboxylic acids is 2. The van der Waals surface area contributed by atoms with E-state index in [4.69, 9.17) is 18.4 Å². The second kappa shape index (κ2) is 10.9. The van der Waals surface area contributed by atoms with E-state index in [0.29, 0.717) is 39.9 Å². The molecule has 9 nitrogen and oxygen atoms in total. The third-order valence-corrected chi connectivity index (χ3v) is 12.7. The zero-order chi connectivity index (χ0) is 26.8. The molecule has 0 aliphatic carbocycles. The van der Waals surface area contributed by atoms with Gasteiger partial charge in [0.2, 0.25) is 11.0 Å². The monoisotopic (exact) mass is 535 g/mol. The first-order chi connectivity index (χ1) is 16.8. The molecule has 0 spiro atoms. The van der Waals surface area contributed by atoms with Crippen molar-refractivity contribution in [2.75, 3.05) is 19.5 Å². The summed E-state index contributed by atoms with van der Waals surface area (Å²) in [6.45, 7) is 17.0. The Morgan fingerprint density at radius 2 is 1.92 bits per heavy atom. The average molecular weight is 536 g/mol. The van der Waals surface area contributed by atoms with E-state index in [1.54, 1.807) is 14.0 Å². The number of hydrogen-bond acceptors (Lipinski definition) is 9. The molecule has 0 fully saturated rings. The van der Waals surface area contributed by atoms with Gasteiger partial charge in [-0.25, -0.2) is 0 Å². The van der Waals surface area contributed by atoms with Crippen LogP contribution in [0.3, 0.4) is 0 Å². The number of aromatic nitrogens is 2. The number of methoxy groups -OCH3 is 1. The van der Waals surface area contributed by atoms with Gasteiger partial charge in [0.05, 0.1) is 26.1 Å². The maximum absolute atomic E-state index is 13.4. The van der Waals surface area contributed by atoms with Crippen molar-refractivity contribution in [1.82, 2.24) is 15.5 Å². The van der Waals surface area contributed by atoms with Gasteiger partial charge in [-0.3, -0.25) is 9.59 Å². The van der Waals surface area contributed by atoms with Gasteiger partial charge in [0.1, 0.15) is 17.5 Å². The third-order valence-electron chi connectivity index (χ3n) is 7.43. The SMILES string of the molecule is COc1cc(O[Si](C)(C)C(C)(C)C(C)C)c2c(c1C)C(=O)SCC(=O)N[C@@H](c1nc(C)no1)COC2. The van der Waals surface area contributed by atoms with Crippen LogP contribution in [0.25, 0.3) is 0 Å². The lowest BCUT2D eigenvalue weighted by Crippen LogP contribution is -2.48. The Bertz CT molecular complexity index is 1130. The van der Waals surface area contributed by atoms with Gasteiger partial charge >= 0.3 is 0 Å². The topological polar surface area (TPSA) is 113 Å². The molecule has 1 N–H and O–H groups in total. The lowest BCUT2D eigenvalue weighted by molar-refractivity contribution is -0.120. The number of aryl methyl sites for hydroxylation is 1. The van der Waals surface area contributed by atoms with Gasteiger partial charge in [-0.05, 0) is 37.9 Å². The molecule has 1 aliphatic rings. The number of ether oxygens (including phenoxy) is 2. The van der Waals surface area contributed by atoms with Crippen LogP contribution in [0.15, 0.2) is 10.6 Å². The Hall–Kier alpha value is -2.37. The van der Waals surface area contributed by atoms with Gasteiger partial charge in [0.15, 0.2) is 5.82 Å². The maximum atomic E-state index is 13.4. The largest absolute Gasteiger partial charge is 0.543 e. The summed E-state index contributed by atoms with van der Waals surface area (Å²) in [5.74, 6) is 1.86. The standard InChI is InChI=1S/C25H37N3O6SSi/c1-14(2)25(5,6)36(8,9)34-20-10-19(31-7)15(3)22-17(20)11-32-12-18(23-26-16(4)28-33-23)27-21(29)13-35-24(22)30/h10,14,18H,11-13H2,1-9H3,(H,27,29)/t18-/m1/s1. The predicted molar refractivity (Wildman–Crippen MR) is 141 cm³/mol. The Morgan fingerprint density at radius 1 is 1.22 bits per heavy atom. The molecule has 36 heavy (non-hydrogen) atoms. The van der Waals surface area contributed by atoms with Crippen molar-refractivity contribution in [3.63, 3.8) is 0 Å². The summed E-state index contributed by atoms with van der Waals surface area (Å²) in [7, 11) is -0.762. The van der Waals surface area contributed by atoms with Crippen LogP contribution < -0.4 is 14.5 Å². The Balaban J connectivity index is 2.08. The second-order valence-corrected chi connectivity index (χ2v) is 15.9. The van der Waals surface area contributed by atoms with Crippen molar-refractivity contribution < 1.29 is 28.0 Å². The smallest absolute Gasteiger partial charge is 0.251 e. The second-order valence-electron chi connectivity index (χ2n) is 10.4. The molecule has 0 saturated heterocycles. The van der Waals surface area contributed by atoms with Crippen LogP contribution in [0.4, 0.5) is 0 Å². The highest BCUT2D eigenvalue weighted by molar-refractivity contribution is 8.14. The van der Waals surface area contributed by atoms with Crippen LogP contribution in [0.2, 0.25) is 18.1 Å². The summed E-state index contributed by atoms with van der Waals surface area (Å²) in [5, 5.41) is 6.36. The van der Waals surface area contributed by atoms with E-state index in [1.807, 2.05) is 13.0 Å². The van der Waals surface area contributed by atoms with Crippen LogP contribution in [-0.2, 0) is 16.1 Å². The van der Waals surface area contributed by atoms with Crippen LogP contribution >= 0.6 is 11.8 Å². The summed E-state index contributed by atoms with van der Waals surface area (Å²) in [4.78, 5) is 30.3. The number of nitrogens with zero attached hydrogens (tertiary/aromatic N) is 2. The Morgan fingerprint density at radius 3 is 2.50 bits per heavy atom. The molecule has 3 rings (SSSR count). The normalized spacial score (nSPS) is 17.9. The molecule has 2 heterocycles. The minimum absolute atomic E-state index is 0.0532. The number of carbonyl (C=O) groups is 2. The van der Waals surface area contributed by atoms with E-state index < -0.39 is 14.4 Å². The number of benzene rings is 1. The third kappa shape index (κ3) is 5.78. The molecular weight excluding hydrogens is 498 g/mol. The molecule has 1 aromatic carbocycles. The minimum atomic E-state index is -2.33. The lowest BCUT2D eigenvalue weighted by atomic mass is 9.99. The minimum Gasteiger partial charge on any atom is -0.543 e. The molecule has 0 bridgehead atoms. The van der Waals surface area contributed by atoms with E-state index in [1.165, 1.54) is 0 Å². The van der Waals surface area contributed by atoms with E-state index >= 15 is 0 Å². The van der Waals surface area contributed by atoms with Crippen molar-refractivity contribution >= 4 is 31.1 Å². The summed E-state index contributed by atoms with van der Waals surface area (Å²) in [6.07, 6.45) is 0. The van der Waals surface area contributed by atoms with Crippen LogP contribution in [0.5, 0.6) is 11.5 Å². The quantitative estimate of drug-likeness (QED) is 0.512. The fourth-order valence-corrected chi connectivity index (χ4v) is 7.11. The molecule has 1 aliphatic heterocycles. The molecule has 2 aromatic rings. The van der Waals surface area contributed by atoms with Gasteiger partial charge in [-0.2, -0.15) is 4.98 Å². The highest BCUT2D eigenvalue weighted by atomic mass is 32.2.